The molecule has 1 rings (SSSR count). The molecule has 0 N–H and O–H groups in total. The van der Waals surface area contributed by atoms with E-state index in [4.69, 9.17) is 10.5 Å². The molecule has 0 unspecified atom stereocenters. The van der Waals surface area contributed by atoms with Crippen LogP contribution in [0.2, 0.25) is 0 Å². The minimum Gasteiger partial charge on any atom is -0.342 e. The first-order valence-corrected chi connectivity index (χ1v) is 6.44. The lowest BCUT2D eigenvalue weighted by atomic mass is 10.1. The molecule has 0 aromatic rings. The summed E-state index contributed by atoms with van der Waals surface area (Å²) in [6, 6.07) is 3.74. The summed E-state index contributed by atoms with van der Waals surface area (Å²) in [6.45, 7) is 2.92. The molecular formula is C13H18N4O2. The predicted octanol–water partition coefficient (Wildman–Crippen LogP) is 0.511. The third-order valence-corrected chi connectivity index (χ3v) is 3.18. The summed E-state index contributed by atoms with van der Waals surface area (Å²) in [5, 5.41) is 17.3. The largest absolute Gasteiger partial charge is 0.342 e. The lowest BCUT2D eigenvalue weighted by Crippen LogP contribution is -2.38. The van der Waals surface area contributed by atoms with Crippen molar-refractivity contribution in [2.45, 2.75) is 26.2 Å². The van der Waals surface area contributed by atoms with Crippen LogP contribution < -0.4 is 0 Å². The summed E-state index contributed by atoms with van der Waals surface area (Å²) >= 11 is 0. The number of hydrogen-bond acceptors (Lipinski definition) is 4. The van der Waals surface area contributed by atoms with Crippen molar-refractivity contribution in [2.24, 2.45) is 5.92 Å². The molecule has 0 aliphatic carbocycles. The van der Waals surface area contributed by atoms with Gasteiger partial charge in [0.25, 0.3) is 0 Å². The van der Waals surface area contributed by atoms with Crippen LogP contribution in [0.5, 0.6) is 0 Å². The second kappa shape index (κ2) is 7.38. The van der Waals surface area contributed by atoms with E-state index in [2.05, 4.69) is 0 Å². The van der Waals surface area contributed by atoms with Gasteiger partial charge in [-0.15, -0.1) is 0 Å². The van der Waals surface area contributed by atoms with Gasteiger partial charge in [0.1, 0.15) is 13.1 Å². The molecule has 0 saturated carbocycles. The average molecular weight is 262 g/mol. The Morgan fingerprint density at radius 1 is 1.42 bits per heavy atom. The molecule has 6 nitrogen and oxygen atoms in total. The molecular weight excluding hydrogens is 244 g/mol. The molecule has 0 bridgehead atoms. The Hall–Kier alpha value is -2.08. The van der Waals surface area contributed by atoms with Gasteiger partial charge in [0, 0.05) is 19.5 Å². The molecule has 19 heavy (non-hydrogen) atoms. The lowest BCUT2D eigenvalue weighted by molar-refractivity contribution is -0.134. The van der Waals surface area contributed by atoms with Crippen molar-refractivity contribution in [2.75, 3.05) is 26.2 Å². The number of nitriles is 2. The third kappa shape index (κ3) is 3.96. The van der Waals surface area contributed by atoms with E-state index in [1.165, 1.54) is 4.90 Å². The number of nitrogens with zero attached hydrogens (tertiary/aromatic N) is 4. The van der Waals surface area contributed by atoms with Crippen LogP contribution in [0, 0.1) is 28.6 Å². The van der Waals surface area contributed by atoms with Gasteiger partial charge in [0.15, 0.2) is 0 Å². The zero-order valence-corrected chi connectivity index (χ0v) is 11.1. The number of amides is 2. The molecule has 1 saturated heterocycles. The minimum absolute atomic E-state index is 0.0133. The van der Waals surface area contributed by atoms with Crippen LogP contribution in [0.1, 0.15) is 26.2 Å². The normalized spacial score (nSPS) is 17.9. The predicted molar refractivity (Wildman–Crippen MR) is 67.4 cm³/mol. The zero-order chi connectivity index (χ0) is 14.3. The Morgan fingerprint density at radius 2 is 2.05 bits per heavy atom. The van der Waals surface area contributed by atoms with Crippen molar-refractivity contribution in [1.29, 1.82) is 10.5 Å². The van der Waals surface area contributed by atoms with Gasteiger partial charge in [-0.05, 0) is 6.42 Å². The highest BCUT2D eigenvalue weighted by Gasteiger charge is 2.35. The van der Waals surface area contributed by atoms with Crippen molar-refractivity contribution < 1.29 is 9.59 Å². The van der Waals surface area contributed by atoms with Crippen LogP contribution in [-0.4, -0.2) is 47.8 Å². The number of unbranched alkanes of at least 4 members (excludes halogenated alkanes) is 1. The Balaban J connectivity index is 2.61. The van der Waals surface area contributed by atoms with Crippen LogP contribution in [0.4, 0.5) is 0 Å². The van der Waals surface area contributed by atoms with Gasteiger partial charge in [-0.1, -0.05) is 13.3 Å². The van der Waals surface area contributed by atoms with Gasteiger partial charge in [-0.3, -0.25) is 9.59 Å². The first kappa shape index (κ1) is 15.0. The molecule has 0 aromatic carbocycles. The number of hydrogen-bond donors (Lipinski definition) is 0. The van der Waals surface area contributed by atoms with Crippen molar-refractivity contribution >= 4 is 11.8 Å². The van der Waals surface area contributed by atoms with Crippen LogP contribution >= 0.6 is 0 Å². The zero-order valence-electron chi connectivity index (χ0n) is 11.1. The molecule has 1 aliphatic rings. The number of rotatable bonds is 6. The summed E-state index contributed by atoms with van der Waals surface area (Å²) in [6.07, 6.45) is 2.11. The number of likely N-dealkylation sites (tertiary alicyclic amines) is 1. The SMILES string of the molecule is CCCCN1C[C@@H](C(=O)N(CC#N)CC#N)CC1=O. The fourth-order valence-corrected chi connectivity index (χ4v) is 2.14. The van der Waals surface area contributed by atoms with Crippen LogP contribution in [0.25, 0.3) is 0 Å². The van der Waals surface area contributed by atoms with E-state index in [0.29, 0.717) is 13.1 Å². The molecule has 6 heteroatoms. The van der Waals surface area contributed by atoms with Crippen molar-refractivity contribution in [3.05, 3.63) is 0 Å². The molecule has 102 valence electrons. The van der Waals surface area contributed by atoms with Gasteiger partial charge in [0.2, 0.25) is 11.8 Å². The molecule has 1 atom stereocenters. The maximum Gasteiger partial charge on any atom is 0.229 e. The van der Waals surface area contributed by atoms with Crippen molar-refractivity contribution in [1.82, 2.24) is 9.80 Å². The molecule has 0 radical (unpaired) electrons. The maximum absolute atomic E-state index is 12.1. The second-order valence-electron chi connectivity index (χ2n) is 4.60. The van der Waals surface area contributed by atoms with Crippen molar-refractivity contribution in [3.63, 3.8) is 0 Å². The van der Waals surface area contributed by atoms with E-state index >= 15 is 0 Å². The van der Waals surface area contributed by atoms with E-state index < -0.39 is 5.92 Å². The van der Waals surface area contributed by atoms with Gasteiger partial charge < -0.3 is 9.80 Å². The number of carbonyl (C=O) groups is 2. The van der Waals surface area contributed by atoms with E-state index in [-0.39, 0.29) is 31.3 Å². The van der Waals surface area contributed by atoms with Crippen LogP contribution in [0.15, 0.2) is 0 Å². The fourth-order valence-electron chi connectivity index (χ4n) is 2.14. The van der Waals surface area contributed by atoms with E-state index in [1.54, 1.807) is 4.90 Å². The fraction of sp³-hybridized carbons (Fsp3) is 0.692. The molecule has 2 amide bonds. The first-order valence-electron chi connectivity index (χ1n) is 6.44. The molecule has 1 heterocycles. The molecule has 1 fully saturated rings. The summed E-state index contributed by atoms with van der Waals surface area (Å²) in [5.41, 5.74) is 0. The summed E-state index contributed by atoms with van der Waals surface area (Å²) in [7, 11) is 0. The Morgan fingerprint density at radius 3 is 2.58 bits per heavy atom. The molecule has 0 aromatic heterocycles. The number of carbonyl (C=O) groups excluding carboxylic acids is 2. The van der Waals surface area contributed by atoms with Gasteiger partial charge in [-0.25, -0.2) is 0 Å². The highest BCUT2D eigenvalue weighted by Crippen LogP contribution is 2.20. The minimum atomic E-state index is -0.411. The quantitative estimate of drug-likeness (QED) is 0.652. The van der Waals surface area contributed by atoms with E-state index in [0.717, 1.165) is 12.8 Å². The third-order valence-electron chi connectivity index (χ3n) is 3.18. The highest BCUT2D eigenvalue weighted by molar-refractivity contribution is 5.89. The van der Waals surface area contributed by atoms with Crippen molar-refractivity contribution in [3.8, 4) is 12.1 Å². The Labute approximate surface area is 113 Å². The highest BCUT2D eigenvalue weighted by atomic mass is 16.2. The maximum atomic E-state index is 12.1. The lowest BCUT2D eigenvalue weighted by Gasteiger charge is -2.20. The Bertz CT molecular complexity index is 405. The summed E-state index contributed by atoms with van der Waals surface area (Å²) < 4.78 is 0. The standard InChI is InChI=1S/C13H18N4O2/c1-2-3-6-17-10-11(9-12(17)18)13(19)16(7-4-14)8-5-15/h11H,2-3,6-10H2,1H3/t11-/m0/s1. The van der Waals surface area contributed by atoms with Gasteiger partial charge in [-0.2, -0.15) is 10.5 Å². The second-order valence-corrected chi connectivity index (χ2v) is 4.60. The summed E-state index contributed by atoms with van der Waals surface area (Å²) in [4.78, 5) is 26.8. The first-order chi connectivity index (χ1) is 9.13. The topological polar surface area (TPSA) is 88.2 Å². The summed E-state index contributed by atoms with van der Waals surface area (Å²) in [5.74, 6) is -0.692. The van der Waals surface area contributed by atoms with Crippen LogP contribution in [0.3, 0.4) is 0 Å². The van der Waals surface area contributed by atoms with E-state index in [1.807, 2.05) is 19.1 Å². The van der Waals surface area contributed by atoms with E-state index in [9.17, 15) is 9.59 Å². The smallest absolute Gasteiger partial charge is 0.229 e. The molecule has 1 aliphatic heterocycles. The molecule has 0 spiro atoms. The van der Waals surface area contributed by atoms with Gasteiger partial charge in [0.05, 0.1) is 18.1 Å². The Kier molecular flexibility index (Phi) is 5.81. The van der Waals surface area contributed by atoms with Gasteiger partial charge >= 0.3 is 0 Å². The van der Waals surface area contributed by atoms with Crippen LogP contribution in [-0.2, 0) is 9.59 Å². The monoisotopic (exact) mass is 262 g/mol. The average Bonchev–Trinajstić information content (AvgIpc) is 2.76.